The average Bonchev–Trinajstić information content (AvgIpc) is 2.74. The summed E-state index contributed by atoms with van der Waals surface area (Å²) >= 11 is 0. The normalized spacial score (nSPS) is 18.9. The number of hydrogen-bond acceptors (Lipinski definition) is 5. The molecule has 102 valence electrons. The molecule has 0 aromatic rings. The summed E-state index contributed by atoms with van der Waals surface area (Å²) in [7, 11) is 3.85. The number of carboxylic acids is 1. The molecule has 6 nitrogen and oxygen atoms in total. The minimum Gasteiger partial charge on any atom is -0.548 e. The molecule has 0 aromatic carbocycles. The monoisotopic (exact) mass is 262 g/mol. The first-order valence-electron chi connectivity index (χ1n) is 5.90. The zero-order valence-corrected chi connectivity index (χ0v) is 11.8. The predicted octanol–water partition coefficient (Wildman–Crippen LogP) is -4.52. The molecule has 0 aliphatic carbocycles. The van der Waals surface area contributed by atoms with Gasteiger partial charge in [-0.25, -0.2) is 0 Å². The molecule has 0 bridgehead atoms. The van der Waals surface area contributed by atoms with E-state index in [2.05, 4.69) is 0 Å². The molecule has 7 heteroatoms. The fourth-order valence-electron chi connectivity index (χ4n) is 1.72. The Labute approximate surface area is 125 Å². The van der Waals surface area contributed by atoms with Crippen LogP contribution in [0.2, 0.25) is 0 Å². The summed E-state index contributed by atoms with van der Waals surface area (Å²) in [4.78, 5) is 25.6. The first-order valence-corrected chi connectivity index (χ1v) is 5.90. The standard InChI is InChI=1S/C12H20N2O4.Li/c1-13(2)6-3-4-11(15)14-7-5-10(8-14)18-9-12(16)17;/h3-4,10H,5-9H2,1-2H3,(H,16,17);/q;+1/p-1/b4-3+;/t10-;/m1./s1. The molecule has 19 heavy (non-hydrogen) atoms. The van der Waals surface area contributed by atoms with Gasteiger partial charge in [-0.05, 0) is 20.5 Å². The first-order chi connectivity index (χ1) is 8.49. The van der Waals surface area contributed by atoms with Crippen molar-refractivity contribution in [1.29, 1.82) is 0 Å². The zero-order valence-electron chi connectivity index (χ0n) is 11.8. The van der Waals surface area contributed by atoms with E-state index in [9.17, 15) is 14.7 Å². The third-order valence-corrected chi connectivity index (χ3v) is 2.62. The van der Waals surface area contributed by atoms with E-state index in [1.807, 2.05) is 19.0 Å². The van der Waals surface area contributed by atoms with Crippen LogP contribution in [-0.2, 0) is 14.3 Å². The molecule has 0 saturated carbocycles. The Balaban J connectivity index is 0.00000324. The summed E-state index contributed by atoms with van der Waals surface area (Å²) in [6.45, 7) is 1.34. The topological polar surface area (TPSA) is 72.9 Å². The summed E-state index contributed by atoms with van der Waals surface area (Å²) in [6.07, 6.45) is 3.81. The summed E-state index contributed by atoms with van der Waals surface area (Å²) < 4.78 is 5.10. The SMILES string of the molecule is CN(C)C/C=C/C(=O)N1CC[C@@H](OCC(=O)[O-])C1.[Li+]. The fourth-order valence-corrected chi connectivity index (χ4v) is 1.72. The van der Waals surface area contributed by atoms with Crippen molar-refractivity contribution in [3.8, 4) is 0 Å². The molecule has 0 N–H and O–H groups in total. The van der Waals surface area contributed by atoms with Crippen molar-refractivity contribution in [2.45, 2.75) is 12.5 Å². The second-order valence-electron chi connectivity index (χ2n) is 4.54. The Hall–Kier alpha value is -0.803. The van der Waals surface area contributed by atoms with Gasteiger partial charge < -0.3 is 24.4 Å². The minimum atomic E-state index is -1.23. The Morgan fingerprint density at radius 3 is 2.74 bits per heavy atom. The van der Waals surface area contributed by atoms with Crippen molar-refractivity contribution in [2.75, 3.05) is 40.3 Å². The third-order valence-electron chi connectivity index (χ3n) is 2.62. The summed E-state index contributed by atoms with van der Waals surface area (Å²) in [5, 5.41) is 10.2. The van der Waals surface area contributed by atoms with Crippen LogP contribution in [0.5, 0.6) is 0 Å². The number of likely N-dealkylation sites (tertiary alicyclic amines) is 1. The summed E-state index contributed by atoms with van der Waals surface area (Å²) in [5.41, 5.74) is 0. The maximum Gasteiger partial charge on any atom is 1.00 e. The zero-order chi connectivity index (χ0) is 13.5. The molecule has 1 aliphatic rings. The van der Waals surface area contributed by atoms with Crippen molar-refractivity contribution in [1.82, 2.24) is 9.80 Å². The number of carbonyl (C=O) groups excluding carboxylic acids is 2. The number of ether oxygens (including phenoxy) is 1. The van der Waals surface area contributed by atoms with Gasteiger partial charge in [0.2, 0.25) is 5.91 Å². The molecular formula is C12H19LiN2O4. The number of amides is 1. The number of rotatable bonds is 6. The van der Waals surface area contributed by atoms with Crippen LogP contribution in [0.1, 0.15) is 6.42 Å². The Kier molecular flexibility index (Phi) is 8.77. The van der Waals surface area contributed by atoms with Crippen molar-refractivity contribution < 1.29 is 38.3 Å². The number of carboxylic acid groups (broad SMARTS) is 1. The van der Waals surface area contributed by atoms with E-state index in [1.54, 1.807) is 17.1 Å². The van der Waals surface area contributed by atoms with E-state index in [1.165, 1.54) is 0 Å². The molecule has 1 fully saturated rings. The van der Waals surface area contributed by atoms with Crippen LogP contribution in [0, 0.1) is 0 Å². The average molecular weight is 262 g/mol. The van der Waals surface area contributed by atoms with Gasteiger partial charge in [0, 0.05) is 25.7 Å². The molecule has 1 atom stereocenters. The molecule has 0 spiro atoms. The van der Waals surface area contributed by atoms with Gasteiger partial charge in [0.05, 0.1) is 18.7 Å². The maximum atomic E-state index is 11.7. The Morgan fingerprint density at radius 1 is 1.47 bits per heavy atom. The molecule has 0 radical (unpaired) electrons. The molecule has 1 saturated heterocycles. The number of nitrogens with zero attached hydrogens (tertiary/aromatic N) is 2. The van der Waals surface area contributed by atoms with Crippen molar-refractivity contribution in [3.63, 3.8) is 0 Å². The van der Waals surface area contributed by atoms with Crippen LogP contribution in [-0.4, -0.2) is 68.1 Å². The van der Waals surface area contributed by atoms with Gasteiger partial charge in [-0.1, -0.05) is 6.08 Å². The first kappa shape index (κ1) is 18.2. The molecule has 1 amide bonds. The van der Waals surface area contributed by atoms with Crippen LogP contribution in [0.25, 0.3) is 0 Å². The third kappa shape index (κ3) is 7.38. The molecule has 1 aliphatic heterocycles. The van der Waals surface area contributed by atoms with E-state index in [4.69, 9.17) is 4.74 Å². The molecule has 1 heterocycles. The van der Waals surface area contributed by atoms with E-state index >= 15 is 0 Å². The van der Waals surface area contributed by atoms with Gasteiger partial charge in [0.15, 0.2) is 0 Å². The molecule has 1 rings (SSSR count). The second-order valence-corrected chi connectivity index (χ2v) is 4.54. The van der Waals surface area contributed by atoms with Gasteiger partial charge in [0.1, 0.15) is 0 Å². The van der Waals surface area contributed by atoms with Gasteiger partial charge in [-0.15, -0.1) is 0 Å². The van der Waals surface area contributed by atoms with E-state index in [0.29, 0.717) is 26.1 Å². The van der Waals surface area contributed by atoms with Crippen LogP contribution in [0.15, 0.2) is 12.2 Å². The van der Waals surface area contributed by atoms with Gasteiger partial charge in [0.25, 0.3) is 0 Å². The fraction of sp³-hybridized carbons (Fsp3) is 0.667. The summed E-state index contributed by atoms with van der Waals surface area (Å²) in [5.74, 6) is -1.29. The van der Waals surface area contributed by atoms with Gasteiger partial charge in [-0.3, -0.25) is 4.79 Å². The van der Waals surface area contributed by atoms with Crippen molar-refractivity contribution in [3.05, 3.63) is 12.2 Å². The summed E-state index contributed by atoms with van der Waals surface area (Å²) in [6, 6.07) is 0. The minimum absolute atomic E-state index is 0. The molecule has 0 unspecified atom stereocenters. The number of carbonyl (C=O) groups is 2. The second kappa shape index (κ2) is 9.16. The van der Waals surface area contributed by atoms with Crippen LogP contribution < -0.4 is 24.0 Å². The number of likely N-dealkylation sites (N-methyl/N-ethyl adjacent to an activating group) is 1. The van der Waals surface area contributed by atoms with Crippen LogP contribution in [0.3, 0.4) is 0 Å². The maximum absolute atomic E-state index is 11.7. The van der Waals surface area contributed by atoms with Gasteiger partial charge in [-0.2, -0.15) is 0 Å². The van der Waals surface area contributed by atoms with E-state index < -0.39 is 12.6 Å². The van der Waals surface area contributed by atoms with Crippen LogP contribution in [0.4, 0.5) is 0 Å². The van der Waals surface area contributed by atoms with Crippen molar-refractivity contribution in [2.24, 2.45) is 0 Å². The van der Waals surface area contributed by atoms with Gasteiger partial charge >= 0.3 is 18.9 Å². The smallest absolute Gasteiger partial charge is 0.548 e. The van der Waals surface area contributed by atoms with Crippen molar-refractivity contribution >= 4 is 11.9 Å². The van der Waals surface area contributed by atoms with E-state index in [-0.39, 0.29) is 30.9 Å². The Morgan fingerprint density at radius 2 is 2.16 bits per heavy atom. The largest absolute Gasteiger partial charge is 1.00 e. The van der Waals surface area contributed by atoms with Crippen LogP contribution >= 0.6 is 0 Å². The predicted molar refractivity (Wildman–Crippen MR) is 63.6 cm³/mol. The molecule has 0 aromatic heterocycles. The molecular weight excluding hydrogens is 243 g/mol. The Bertz CT molecular complexity index is 334. The number of hydrogen-bond donors (Lipinski definition) is 0. The van der Waals surface area contributed by atoms with E-state index in [0.717, 1.165) is 0 Å². The quantitative estimate of drug-likeness (QED) is 0.356. The number of aliphatic carboxylic acids is 1.